The smallest absolute Gasteiger partial charge is 0.253 e. The third-order valence-corrected chi connectivity index (χ3v) is 6.96. The zero-order valence-corrected chi connectivity index (χ0v) is 18.8. The van der Waals surface area contributed by atoms with Crippen molar-refractivity contribution in [3.05, 3.63) is 59.9 Å². The van der Waals surface area contributed by atoms with E-state index in [9.17, 15) is 14.0 Å². The van der Waals surface area contributed by atoms with E-state index in [1.54, 1.807) is 42.5 Å². The van der Waals surface area contributed by atoms with E-state index in [-0.39, 0.29) is 29.4 Å². The highest BCUT2D eigenvalue weighted by Gasteiger charge is 2.20. The molecule has 166 valence electrons. The van der Waals surface area contributed by atoms with Crippen LogP contribution >= 0.6 is 23.1 Å². The van der Waals surface area contributed by atoms with Gasteiger partial charge in [-0.1, -0.05) is 60.2 Å². The van der Waals surface area contributed by atoms with E-state index in [0.29, 0.717) is 26.4 Å². The van der Waals surface area contributed by atoms with Crippen LogP contribution in [0.15, 0.2) is 52.9 Å². The Hall–Kier alpha value is -2.98. The number of aromatic nitrogens is 2. The second-order valence-electron chi connectivity index (χ2n) is 7.32. The molecule has 1 saturated carbocycles. The van der Waals surface area contributed by atoms with Gasteiger partial charge in [-0.2, -0.15) is 0 Å². The first-order valence-electron chi connectivity index (χ1n) is 10.3. The fourth-order valence-electron chi connectivity index (χ4n) is 3.43. The minimum atomic E-state index is -0.382. The maximum atomic E-state index is 13.8. The van der Waals surface area contributed by atoms with Gasteiger partial charge in [0, 0.05) is 6.04 Å². The van der Waals surface area contributed by atoms with Gasteiger partial charge in [0.15, 0.2) is 4.34 Å². The van der Waals surface area contributed by atoms with Crippen molar-refractivity contribution in [2.75, 3.05) is 16.4 Å². The molecule has 32 heavy (non-hydrogen) atoms. The number of benzene rings is 2. The van der Waals surface area contributed by atoms with Gasteiger partial charge in [-0.05, 0) is 37.1 Å². The summed E-state index contributed by atoms with van der Waals surface area (Å²) in [7, 11) is 0. The Morgan fingerprint density at radius 1 is 1.03 bits per heavy atom. The molecule has 10 heteroatoms. The summed E-state index contributed by atoms with van der Waals surface area (Å²) in [6.45, 7) is 0. The van der Waals surface area contributed by atoms with Gasteiger partial charge in [0.25, 0.3) is 5.91 Å². The monoisotopic (exact) mass is 471 g/mol. The molecule has 1 aliphatic carbocycles. The summed E-state index contributed by atoms with van der Waals surface area (Å²) in [6.07, 6.45) is 4.24. The lowest BCUT2D eigenvalue weighted by molar-refractivity contribution is -0.113. The first kappa shape index (κ1) is 22.2. The molecule has 2 aromatic carbocycles. The molecule has 4 rings (SSSR count). The summed E-state index contributed by atoms with van der Waals surface area (Å²) in [5, 5.41) is 17.2. The third kappa shape index (κ3) is 5.83. The van der Waals surface area contributed by atoms with Crippen LogP contribution in [0.5, 0.6) is 0 Å². The number of hydrogen-bond acceptors (Lipinski definition) is 7. The number of para-hydroxylation sites is 2. The molecule has 0 bridgehead atoms. The number of carbonyl (C=O) groups excluding carboxylic acids is 2. The van der Waals surface area contributed by atoms with Crippen LogP contribution in [0.3, 0.4) is 0 Å². The lowest BCUT2D eigenvalue weighted by atomic mass is 10.1. The van der Waals surface area contributed by atoms with Gasteiger partial charge in [-0.3, -0.25) is 9.59 Å². The van der Waals surface area contributed by atoms with Crippen LogP contribution in [0, 0.1) is 5.82 Å². The van der Waals surface area contributed by atoms with E-state index in [4.69, 9.17) is 0 Å². The molecule has 0 saturated heterocycles. The molecule has 1 aromatic heterocycles. The van der Waals surface area contributed by atoms with Crippen molar-refractivity contribution in [3.63, 3.8) is 0 Å². The van der Waals surface area contributed by atoms with E-state index in [1.165, 1.54) is 29.2 Å². The van der Waals surface area contributed by atoms with Gasteiger partial charge >= 0.3 is 0 Å². The van der Waals surface area contributed by atoms with Gasteiger partial charge < -0.3 is 16.0 Å². The van der Waals surface area contributed by atoms with E-state index < -0.39 is 0 Å². The van der Waals surface area contributed by atoms with E-state index in [1.807, 2.05) is 0 Å². The fraction of sp³-hybridized carbons (Fsp3) is 0.273. The second kappa shape index (κ2) is 10.6. The van der Waals surface area contributed by atoms with Crippen LogP contribution in [0.25, 0.3) is 0 Å². The molecular weight excluding hydrogens is 449 g/mol. The van der Waals surface area contributed by atoms with Crippen LogP contribution in [0.2, 0.25) is 0 Å². The Bertz CT molecular complexity index is 1100. The van der Waals surface area contributed by atoms with Crippen molar-refractivity contribution >= 4 is 51.4 Å². The average Bonchev–Trinajstić information content (AvgIpc) is 3.46. The normalized spacial score (nSPS) is 13.7. The number of nitrogens with one attached hydrogen (secondary N) is 3. The van der Waals surface area contributed by atoms with Gasteiger partial charge in [0.2, 0.25) is 11.0 Å². The molecule has 2 amide bonds. The topological polar surface area (TPSA) is 96.0 Å². The molecule has 1 heterocycles. The number of nitrogens with zero attached hydrogens (tertiary/aromatic N) is 2. The summed E-state index contributed by atoms with van der Waals surface area (Å²) in [6, 6.07) is 13.5. The first-order chi connectivity index (χ1) is 15.6. The van der Waals surface area contributed by atoms with Crippen LogP contribution < -0.4 is 16.0 Å². The number of rotatable bonds is 8. The van der Waals surface area contributed by atoms with Crippen molar-refractivity contribution in [3.8, 4) is 0 Å². The first-order valence-corrected chi connectivity index (χ1v) is 12.1. The molecule has 0 spiro atoms. The largest absolute Gasteiger partial charge is 0.349 e. The van der Waals surface area contributed by atoms with Gasteiger partial charge in [0.1, 0.15) is 5.82 Å². The third-order valence-electron chi connectivity index (χ3n) is 4.98. The van der Waals surface area contributed by atoms with Crippen molar-refractivity contribution in [1.29, 1.82) is 0 Å². The Morgan fingerprint density at radius 3 is 2.53 bits per heavy atom. The number of amides is 2. The minimum absolute atomic E-state index is 0.104. The van der Waals surface area contributed by atoms with Crippen molar-refractivity contribution in [2.45, 2.75) is 36.1 Å². The summed E-state index contributed by atoms with van der Waals surface area (Å²) in [4.78, 5) is 25.1. The Labute approximate surface area is 193 Å². The van der Waals surface area contributed by atoms with Crippen LogP contribution in [0.1, 0.15) is 36.0 Å². The Balaban J connectivity index is 1.31. The zero-order chi connectivity index (χ0) is 22.3. The molecule has 3 aromatic rings. The predicted molar refractivity (Wildman–Crippen MR) is 125 cm³/mol. The molecule has 1 aliphatic rings. The summed E-state index contributed by atoms with van der Waals surface area (Å²) in [5.41, 5.74) is 1.24. The van der Waals surface area contributed by atoms with Crippen molar-refractivity contribution < 1.29 is 14.0 Å². The Morgan fingerprint density at radius 2 is 1.75 bits per heavy atom. The molecule has 7 nitrogen and oxygen atoms in total. The second-order valence-corrected chi connectivity index (χ2v) is 9.52. The summed E-state index contributed by atoms with van der Waals surface area (Å²) in [5.74, 6) is -0.706. The molecule has 3 N–H and O–H groups in total. The molecule has 0 radical (unpaired) electrons. The minimum Gasteiger partial charge on any atom is -0.349 e. The highest BCUT2D eigenvalue weighted by Crippen LogP contribution is 2.28. The van der Waals surface area contributed by atoms with Crippen LogP contribution in [-0.2, 0) is 4.79 Å². The molecule has 1 fully saturated rings. The zero-order valence-electron chi connectivity index (χ0n) is 17.1. The summed E-state index contributed by atoms with van der Waals surface area (Å²) >= 11 is 2.45. The number of carbonyl (C=O) groups is 2. The van der Waals surface area contributed by atoms with Crippen molar-refractivity contribution in [2.24, 2.45) is 0 Å². The highest BCUT2D eigenvalue weighted by atomic mass is 32.2. The van der Waals surface area contributed by atoms with Crippen molar-refractivity contribution in [1.82, 2.24) is 15.5 Å². The highest BCUT2D eigenvalue weighted by molar-refractivity contribution is 8.01. The van der Waals surface area contributed by atoms with E-state index in [2.05, 4.69) is 26.1 Å². The maximum absolute atomic E-state index is 13.8. The summed E-state index contributed by atoms with van der Waals surface area (Å²) < 4.78 is 14.3. The quantitative estimate of drug-likeness (QED) is 0.408. The van der Waals surface area contributed by atoms with E-state index in [0.717, 1.165) is 25.7 Å². The Kier molecular flexibility index (Phi) is 7.33. The fourth-order valence-corrected chi connectivity index (χ4v) is 5.00. The molecular formula is C22H22FN5O2S2. The number of thioether (sulfide) groups is 1. The van der Waals surface area contributed by atoms with Gasteiger partial charge in [-0.25, -0.2) is 4.39 Å². The number of hydrogen-bond donors (Lipinski definition) is 3. The number of anilines is 3. The standard InChI is InChI=1S/C22H22FN5O2S2/c23-16-10-4-6-12-18(16)26-21-27-28-22(32-21)31-13-19(29)25-17-11-5-3-9-15(17)20(30)24-14-7-1-2-8-14/h3-6,9-12,14H,1-2,7-8,13H2,(H,24,30)(H,25,29)(H,26,27). The lowest BCUT2D eigenvalue weighted by Crippen LogP contribution is -2.33. The molecule has 0 unspecified atom stereocenters. The van der Waals surface area contributed by atoms with Crippen LogP contribution in [-0.4, -0.2) is 33.8 Å². The van der Waals surface area contributed by atoms with E-state index >= 15 is 0 Å². The maximum Gasteiger partial charge on any atom is 0.253 e. The van der Waals surface area contributed by atoms with Crippen LogP contribution in [0.4, 0.5) is 20.9 Å². The predicted octanol–water partition coefficient (Wildman–Crippen LogP) is 4.82. The number of halogens is 1. The van der Waals surface area contributed by atoms with Gasteiger partial charge in [-0.15, -0.1) is 10.2 Å². The lowest BCUT2D eigenvalue weighted by Gasteiger charge is -2.14. The van der Waals surface area contributed by atoms with Gasteiger partial charge in [0.05, 0.1) is 22.7 Å². The average molecular weight is 472 g/mol. The molecule has 0 aliphatic heterocycles. The SMILES string of the molecule is O=C(CSc1nnc(Nc2ccccc2F)s1)Nc1ccccc1C(=O)NC1CCCC1. The molecule has 0 atom stereocenters.